The van der Waals surface area contributed by atoms with Gasteiger partial charge in [-0.25, -0.2) is 4.39 Å². The van der Waals surface area contributed by atoms with Crippen LogP contribution in [0.3, 0.4) is 0 Å². The molecule has 23 heavy (non-hydrogen) atoms. The van der Waals surface area contributed by atoms with Crippen LogP contribution in [-0.2, 0) is 14.3 Å². The Kier molecular flexibility index (Phi) is 6.69. The van der Waals surface area contributed by atoms with Crippen LogP contribution >= 0.6 is 0 Å². The van der Waals surface area contributed by atoms with Crippen molar-refractivity contribution < 1.29 is 23.5 Å². The summed E-state index contributed by atoms with van der Waals surface area (Å²) in [6.45, 7) is 0. The molecule has 0 atom stereocenters. The summed E-state index contributed by atoms with van der Waals surface area (Å²) in [7, 11) is 1.11. The van der Waals surface area contributed by atoms with Gasteiger partial charge in [-0.2, -0.15) is 10.5 Å². The quantitative estimate of drug-likeness (QED) is 0.435. The first kappa shape index (κ1) is 18.1. The Bertz CT molecular complexity index is 626. The summed E-state index contributed by atoms with van der Waals surface area (Å²) in [4.78, 5) is 24.6. The molecule has 0 unspecified atom stereocenters. The highest BCUT2D eigenvalue weighted by Crippen LogP contribution is 2.33. The van der Waals surface area contributed by atoms with E-state index in [1.165, 1.54) is 12.1 Å². The van der Waals surface area contributed by atoms with Crippen molar-refractivity contribution in [1.82, 2.24) is 0 Å². The fourth-order valence-electron chi connectivity index (χ4n) is 2.06. The number of esters is 2. The first-order valence-corrected chi connectivity index (χ1v) is 6.80. The van der Waals surface area contributed by atoms with Crippen molar-refractivity contribution in [1.29, 1.82) is 10.5 Å². The molecule has 120 valence electrons. The molecule has 0 saturated heterocycles. The number of hydrogen-bond acceptors (Lipinski definition) is 6. The number of benzene rings is 1. The molecular weight excluding hydrogens is 303 g/mol. The zero-order chi connectivity index (χ0) is 17.3. The van der Waals surface area contributed by atoms with Gasteiger partial charge in [0.25, 0.3) is 0 Å². The molecule has 0 N–H and O–H groups in total. The van der Waals surface area contributed by atoms with Crippen LogP contribution in [0.1, 0.15) is 25.7 Å². The van der Waals surface area contributed by atoms with Gasteiger partial charge in [0.15, 0.2) is 5.41 Å². The molecule has 0 spiro atoms. The highest BCUT2D eigenvalue weighted by Gasteiger charge is 2.48. The fourth-order valence-corrected chi connectivity index (χ4v) is 2.06. The Morgan fingerprint density at radius 2 is 1.61 bits per heavy atom. The lowest BCUT2D eigenvalue weighted by Crippen LogP contribution is -2.43. The molecule has 0 saturated carbocycles. The van der Waals surface area contributed by atoms with E-state index in [0.29, 0.717) is 0 Å². The summed E-state index contributed by atoms with van der Waals surface area (Å²) < 4.78 is 22.7. The normalized spacial score (nSPS) is 10.3. The van der Waals surface area contributed by atoms with Crippen molar-refractivity contribution in [3.8, 4) is 17.9 Å². The van der Waals surface area contributed by atoms with E-state index in [0.717, 1.165) is 19.2 Å². The molecule has 0 amide bonds. The molecule has 0 heterocycles. The number of nitriles is 2. The first-order valence-electron chi connectivity index (χ1n) is 6.80. The Morgan fingerprint density at radius 1 is 1.09 bits per heavy atom. The number of carbonyl (C=O) groups is 2. The van der Waals surface area contributed by atoms with E-state index in [1.54, 1.807) is 0 Å². The molecule has 0 bridgehead atoms. The minimum absolute atomic E-state index is 0.0543. The van der Waals surface area contributed by atoms with Crippen LogP contribution in [0.2, 0.25) is 0 Å². The summed E-state index contributed by atoms with van der Waals surface area (Å²) >= 11 is 0. The Hall–Kier alpha value is -2.93. The van der Waals surface area contributed by atoms with Crippen molar-refractivity contribution in [3.05, 3.63) is 30.1 Å². The number of ether oxygens (including phenoxy) is 2. The zero-order valence-electron chi connectivity index (χ0n) is 12.5. The van der Waals surface area contributed by atoms with E-state index in [-0.39, 0.29) is 31.4 Å². The van der Waals surface area contributed by atoms with Gasteiger partial charge in [-0.15, -0.1) is 0 Å². The molecule has 1 rings (SSSR count). The Labute approximate surface area is 133 Å². The molecule has 0 aliphatic carbocycles. The van der Waals surface area contributed by atoms with Gasteiger partial charge in [0.2, 0.25) is 0 Å². The minimum Gasteiger partial charge on any atom is -0.468 e. The number of methoxy groups -OCH3 is 1. The van der Waals surface area contributed by atoms with Crippen LogP contribution in [0.15, 0.2) is 24.3 Å². The van der Waals surface area contributed by atoms with E-state index < -0.39 is 23.2 Å². The maximum Gasteiger partial charge on any atom is 0.328 e. The summed E-state index contributed by atoms with van der Waals surface area (Å²) in [5.41, 5.74) is -1.74. The predicted octanol–water partition coefficient (Wildman–Crippen LogP) is 2.50. The lowest BCUT2D eigenvalue weighted by molar-refractivity contribution is -0.166. The second-order valence-corrected chi connectivity index (χ2v) is 4.73. The largest absolute Gasteiger partial charge is 0.468 e. The molecule has 1 aromatic rings. The van der Waals surface area contributed by atoms with Gasteiger partial charge in [-0.05, 0) is 37.1 Å². The first-order chi connectivity index (χ1) is 11.0. The molecule has 0 aromatic heterocycles. The Balaban J connectivity index is 3.11. The van der Waals surface area contributed by atoms with Crippen LogP contribution < -0.4 is 4.74 Å². The van der Waals surface area contributed by atoms with E-state index in [9.17, 15) is 14.0 Å². The molecule has 0 fully saturated rings. The predicted molar refractivity (Wildman–Crippen MR) is 76.2 cm³/mol. The number of hydrogen-bond donors (Lipinski definition) is 0. The maximum absolute atomic E-state index is 12.9. The standard InChI is InChI=1S/C16H15FN2O4/c1-22-14(20)16(8-2-10-18,9-3-11-19)15(21)23-13-6-4-12(17)5-7-13/h4-7H,2-3,8-9H2,1H3. The lowest BCUT2D eigenvalue weighted by atomic mass is 9.79. The van der Waals surface area contributed by atoms with Gasteiger partial charge in [-0.1, -0.05) is 0 Å². The number of carbonyl (C=O) groups excluding carboxylic acids is 2. The van der Waals surface area contributed by atoms with Crippen LogP contribution in [0.4, 0.5) is 4.39 Å². The summed E-state index contributed by atoms with van der Waals surface area (Å²) in [5.74, 6) is -2.24. The van der Waals surface area contributed by atoms with Gasteiger partial charge in [-0.3, -0.25) is 9.59 Å². The van der Waals surface area contributed by atoms with Crippen LogP contribution in [0.25, 0.3) is 0 Å². The van der Waals surface area contributed by atoms with E-state index >= 15 is 0 Å². The second kappa shape index (κ2) is 8.50. The van der Waals surface area contributed by atoms with Gasteiger partial charge in [0.1, 0.15) is 11.6 Å². The van der Waals surface area contributed by atoms with E-state index in [1.807, 2.05) is 12.1 Å². The average Bonchev–Trinajstić information content (AvgIpc) is 2.56. The van der Waals surface area contributed by atoms with Crippen LogP contribution in [0.5, 0.6) is 5.75 Å². The van der Waals surface area contributed by atoms with Crippen molar-refractivity contribution in [2.45, 2.75) is 25.7 Å². The van der Waals surface area contributed by atoms with Gasteiger partial charge >= 0.3 is 11.9 Å². The van der Waals surface area contributed by atoms with Crippen molar-refractivity contribution in [3.63, 3.8) is 0 Å². The molecule has 7 heteroatoms. The van der Waals surface area contributed by atoms with Gasteiger partial charge < -0.3 is 9.47 Å². The maximum atomic E-state index is 12.9. The summed E-state index contributed by atoms with van der Waals surface area (Å²) in [6, 6.07) is 8.40. The molecule has 6 nitrogen and oxygen atoms in total. The third-order valence-corrected chi connectivity index (χ3v) is 3.32. The second-order valence-electron chi connectivity index (χ2n) is 4.73. The smallest absolute Gasteiger partial charge is 0.328 e. The third kappa shape index (κ3) is 4.52. The molecule has 0 aliphatic heterocycles. The highest BCUT2D eigenvalue weighted by molar-refractivity contribution is 6.00. The number of halogens is 1. The van der Waals surface area contributed by atoms with Crippen molar-refractivity contribution in [2.75, 3.05) is 7.11 Å². The molecule has 0 aliphatic rings. The molecular formula is C16H15FN2O4. The van der Waals surface area contributed by atoms with Gasteiger partial charge in [0.05, 0.1) is 19.2 Å². The molecule has 0 radical (unpaired) electrons. The third-order valence-electron chi connectivity index (χ3n) is 3.32. The SMILES string of the molecule is COC(=O)C(CCC#N)(CCC#N)C(=O)Oc1ccc(F)cc1. The number of nitrogens with zero attached hydrogens (tertiary/aromatic N) is 2. The number of rotatable bonds is 7. The van der Waals surface area contributed by atoms with Gasteiger partial charge in [0, 0.05) is 12.8 Å². The monoisotopic (exact) mass is 318 g/mol. The Morgan fingerprint density at radius 3 is 2.04 bits per heavy atom. The topological polar surface area (TPSA) is 100 Å². The van der Waals surface area contributed by atoms with E-state index in [4.69, 9.17) is 15.3 Å². The molecule has 1 aromatic carbocycles. The van der Waals surface area contributed by atoms with Crippen molar-refractivity contribution in [2.24, 2.45) is 5.41 Å². The van der Waals surface area contributed by atoms with Crippen molar-refractivity contribution >= 4 is 11.9 Å². The summed E-state index contributed by atoms with van der Waals surface area (Å²) in [6.07, 6.45) is -0.423. The summed E-state index contributed by atoms with van der Waals surface area (Å²) in [5, 5.41) is 17.5. The highest BCUT2D eigenvalue weighted by atomic mass is 19.1. The van der Waals surface area contributed by atoms with Crippen LogP contribution in [0, 0.1) is 33.9 Å². The zero-order valence-corrected chi connectivity index (χ0v) is 12.5. The van der Waals surface area contributed by atoms with E-state index in [2.05, 4.69) is 4.74 Å². The average molecular weight is 318 g/mol. The lowest BCUT2D eigenvalue weighted by Gasteiger charge is -2.27. The van der Waals surface area contributed by atoms with Crippen LogP contribution in [-0.4, -0.2) is 19.0 Å². The fraction of sp³-hybridized carbons (Fsp3) is 0.375. The minimum atomic E-state index is -1.74.